The second-order valence-electron chi connectivity index (χ2n) is 7.96. The van der Waals surface area contributed by atoms with Crippen molar-refractivity contribution in [2.45, 2.75) is 19.0 Å². The molecule has 4 rings (SSSR count). The molecule has 0 radical (unpaired) electrons. The summed E-state index contributed by atoms with van der Waals surface area (Å²) in [4.78, 5) is 14.5. The monoisotopic (exact) mass is 511 g/mol. The van der Waals surface area contributed by atoms with Crippen LogP contribution in [0.4, 0.5) is 0 Å². The Morgan fingerprint density at radius 3 is 2.54 bits per heavy atom. The summed E-state index contributed by atoms with van der Waals surface area (Å²) in [6.07, 6.45) is 5.73. The molecule has 0 bridgehead atoms. The van der Waals surface area contributed by atoms with Crippen LogP contribution < -0.4 is 15.5 Å². The molecule has 0 saturated heterocycles. The fraction of sp³-hybridized carbons (Fsp3) is 0.148. The molecule has 6 nitrogen and oxygen atoms in total. The Hall–Kier alpha value is -3.29. The van der Waals surface area contributed by atoms with E-state index >= 15 is 0 Å². The van der Waals surface area contributed by atoms with E-state index in [0.717, 1.165) is 33.8 Å². The third-order valence-electron chi connectivity index (χ3n) is 5.52. The Labute approximate surface area is 215 Å². The van der Waals surface area contributed by atoms with Crippen LogP contribution in [-0.4, -0.2) is 28.7 Å². The summed E-state index contributed by atoms with van der Waals surface area (Å²) in [6.45, 7) is 1.18. The van der Waals surface area contributed by atoms with Crippen LogP contribution in [0.1, 0.15) is 16.7 Å². The molecule has 1 atom stereocenters. The molecule has 0 spiro atoms. The Balaban J connectivity index is 0.00000342. The van der Waals surface area contributed by atoms with Crippen LogP contribution in [0.2, 0.25) is 5.02 Å². The maximum atomic E-state index is 11.1. The number of halogens is 2. The molecule has 182 valence electrons. The number of nitrogens with one attached hydrogen (secondary N) is 3. The predicted molar refractivity (Wildman–Crippen MR) is 142 cm³/mol. The fourth-order valence-electron chi connectivity index (χ4n) is 3.70. The zero-order valence-corrected chi connectivity index (χ0v) is 20.5. The van der Waals surface area contributed by atoms with Gasteiger partial charge < -0.3 is 15.0 Å². The van der Waals surface area contributed by atoms with E-state index in [-0.39, 0.29) is 18.4 Å². The van der Waals surface area contributed by atoms with Gasteiger partial charge in [0.05, 0.1) is 0 Å². The normalized spacial score (nSPS) is 11.8. The first-order chi connectivity index (χ1) is 16.6. The average Bonchev–Trinajstić information content (AvgIpc) is 3.28. The average molecular weight is 512 g/mol. The summed E-state index contributed by atoms with van der Waals surface area (Å²) < 4.78 is 6.10. The predicted octanol–water partition coefficient (Wildman–Crippen LogP) is 5.54. The van der Waals surface area contributed by atoms with Gasteiger partial charge in [-0.15, -0.1) is 12.4 Å². The van der Waals surface area contributed by atoms with Crippen LogP contribution in [0.25, 0.3) is 17.0 Å². The minimum absolute atomic E-state index is 0. The smallest absolute Gasteiger partial charge is 0.267 e. The van der Waals surface area contributed by atoms with E-state index in [9.17, 15) is 4.79 Å². The number of ether oxygens (including phenoxy) is 1. The summed E-state index contributed by atoms with van der Waals surface area (Å²) in [7, 11) is 0. The SMILES string of the molecule is Cl.O=C(/C=C/c1ccc(OC[C@H](Cc2c[nH]c3ccccc23)NCc2ccc(Cl)cc2)cc1)NO. The number of amides is 1. The number of H-pyrrole nitrogens is 1. The summed E-state index contributed by atoms with van der Waals surface area (Å²) in [5.41, 5.74) is 5.89. The van der Waals surface area contributed by atoms with Crippen molar-refractivity contribution in [3.63, 3.8) is 0 Å². The lowest BCUT2D eigenvalue weighted by atomic mass is 10.0. The third-order valence-corrected chi connectivity index (χ3v) is 5.77. The first-order valence-electron chi connectivity index (χ1n) is 11.0. The van der Waals surface area contributed by atoms with Gasteiger partial charge in [0.15, 0.2) is 0 Å². The molecule has 3 aromatic carbocycles. The summed E-state index contributed by atoms with van der Waals surface area (Å²) >= 11 is 6.02. The van der Waals surface area contributed by atoms with Gasteiger partial charge in [0.2, 0.25) is 0 Å². The highest BCUT2D eigenvalue weighted by Gasteiger charge is 2.14. The Morgan fingerprint density at radius 2 is 1.80 bits per heavy atom. The van der Waals surface area contributed by atoms with Crippen LogP contribution in [0.15, 0.2) is 85.1 Å². The van der Waals surface area contributed by atoms with E-state index in [1.807, 2.05) is 60.7 Å². The highest BCUT2D eigenvalue weighted by Crippen LogP contribution is 2.20. The molecule has 35 heavy (non-hydrogen) atoms. The number of fused-ring (bicyclic) bond motifs is 1. The lowest BCUT2D eigenvalue weighted by Crippen LogP contribution is -2.36. The van der Waals surface area contributed by atoms with Crippen LogP contribution >= 0.6 is 24.0 Å². The zero-order chi connectivity index (χ0) is 23.8. The van der Waals surface area contributed by atoms with Crippen molar-refractivity contribution in [1.82, 2.24) is 15.8 Å². The van der Waals surface area contributed by atoms with E-state index < -0.39 is 5.91 Å². The summed E-state index contributed by atoms with van der Waals surface area (Å²) in [5.74, 6) is 0.160. The van der Waals surface area contributed by atoms with E-state index in [0.29, 0.717) is 13.2 Å². The van der Waals surface area contributed by atoms with Gasteiger partial charge in [-0.2, -0.15) is 0 Å². The van der Waals surface area contributed by atoms with E-state index in [2.05, 4.69) is 28.6 Å². The van der Waals surface area contributed by atoms with E-state index in [1.165, 1.54) is 17.0 Å². The maximum absolute atomic E-state index is 11.1. The lowest BCUT2D eigenvalue weighted by Gasteiger charge is -2.20. The fourth-order valence-corrected chi connectivity index (χ4v) is 3.83. The molecule has 4 N–H and O–H groups in total. The topological polar surface area (TPSA) is 86.4 Å². The van der Waals surface area contributed by atoms with Gasteiger partial charge >= 0.3 is 0 Å². The Morgan fingerprint density at radius 1 is 1.06 bits per heavy atom. The van der Waals surface area contributed by atoms with E-state index in [1.54, 1.807) is 11.6 Å². The number of para-hydroxylation sites is 1. The highest BCUT2D eigenvalue weighted by molar-refractivity contribution is 6.30. The van der Waals surface area contributed by atoms with Crippen LogP contribution in [-0.2, 0) is 17.8 Å². The van der Waals surface area contributed by atoms with Crippen molar-refractivity contribution < 1.29 is 14.7 Å². The Kier molecular flexibility index (Phi) is 9.76. The molecule has 8 heteroatoms. The number of carbonyl (C=O) groups excluding carboxylic acids is 1. The molecule has 1 heterocycles. The second-order valence-corrected chi connectivity index (χ2v) is 8.39. The largest absolute Gasteiger partial charge is 0.492 e. The number of rotatable bonds is 10. The molecule has 1 aromatic heterocycles. The summed E-state index contributed by atoms with van der Waals surface area (Å²) in [5, 5.41) is 14.1. The van der Waals surface area contributed by atoms with Crippen molar-refractivity contribution in [2.75, 3.05) is 6.61 Å². The molecule has 0 aliphatic carbocycles. The molecule has 0 saturated carbocycles. The number of hydroxylamine groups is 1. The van der Waals surface area contributed by atoms with Crippen molar-refractivity contribution in [1.29, 1.82) is 0 Å². The number of aromatic nitrogens is 1. The van der Waals surface area contributed by atoms with Crippen LogP contribution in [0.3, 0.4) is 0 Å². The number of hydrogen-bond donors (Lipinski definition) is 4. The summed E-state index contributed by atoms with van der Waals surface area (Å²) in [6, 6.07) is 23.6. The first-order valence-corrected chi connectivity index (χ1v) is 11.4. The minimum atomic E-state index is -0.577. The number of aromatic amines is 1. The minimum Gasteiger partial charge on any atom is -0.492 e. The van der Waals surface area contributed by atoms with Crippen LogP contribution in [0, 0.1) is 0 Å². The van der Waals surface area contributed by atoms with Gasteiger partial charge in [-0.25, -0.2) is 5.48 Å². The molecular formula is C27H27Cl2N3O3. The molecule has 0 aliphatic heterocycles. The maximum Gasteiger partial charge on any atom is 0.267 e. The third kappa shape index (κ3) is 7.60. The van der Waals surface area contributed by atoms with Gasteiger partial charge in [-0.1, -0.05) is 54.1 Å². The molecule has 0 fully saturated rings. The van der Waals surface area contributed by atoms with Gasteiger partial charge in [-0.3, -0.25) is 10.0 Å². The van der Waals surface area contributed by atoms with Crippen molar-refractivity contribution >= 4 is 46.9 Å². The van der Waals surface area contributed by atoms with Gasteiger partial charge in [0, 0.05) is 40.8 Å². The molecule has 4 aromatic rings. The molecule has 0 aliphatic rings. The number of carbonyl (C=O) groups is 1. The Bertz CT molecular complexity index is 1250. The highest BCUT2D eigenvalue weighted by atomic mass is 35.5. The van der Waals surface area contributed by atoms with Gasteiger partial charge in [0.1, 0.15) is 12.4 Å². The van der Waals surface area contributed by atoms with Crippen LogP contribution in [0.5, 0.6) is 5.75 Å². The first kappa shape index (κ1) is 26.3. The lowest BCUT2D eigenvalue weighted by molar-refractivity contribution is -0.124. The van der Waals surface area contributed by atoms with Crippen molar-refractivity contribution in [2.24, 2.45) is 0 Å². The number of hydrogen-bond acceptors (Lipinski definition) is 4. The number of benzene rings is 3. The molecule has 1 amide bonds. The van der Waals surface area contributed by atoms with Gasteiger partial charge in [0.25, 0.3) is 5.91 Å². The van der Waals surface area contributed by atoms with Gasteiger partial charge in [-0.05, 0) is 59.5 Å². The molecular weight excluding hydrogens is 485 g/mol. The standard InChI is InChI=1S/C27H26ClN3O3.ClH/c28-22-10-5-20(6-11-22)16-29-23(15-21-17-30-26-4-2-1-3-25(21)26)18-34-24-12-7-19(8-13-24)9-14-27(32)31-33;/h1-14,17,23,29-30,33H,15-16,18H2,(H,31,32);1H/b14-9+;/t23-;/m0./s1. The van der Waals surface area contributed by atoms with E-state index in [4.69, 9.17) is 21.5 Å². The van der Waals surface area contributed by atoms with Crippen molar-refractivity contribution in [3.05, 3.63) is 107 Å². The quantitative estimate of drug-likeness (QED) is 0.128. The second kappa shape index (κ2) is 13.0. The molecule has 0 unspecified atom stereocenters. The van der Waals surface area contributed by atoms with Crippen molar-refractivity contribution in [3.8, 4) is 5.75 Å². The zero-order valence-electron chi connectivity index (χ0n) is 18.9.